The highest BCUT2D eigenvalue weighted by molar-refractivity contribution is 5.97. The number of hydrogen-bond acceptors (Lipinski definition) is 4. The minimum Gasteiger partial charge on any atom is -0.371 e. The van der Waals surface area contributed by atoms with Gasteiger partial charge in [0.25, 0.3) is 11.8 Å². The standard InChI is InChI=1S/C34H37F3N4O2/c1-32(2)22-24-8-7-23(21-27(24)29(32)39-30(42)26-5-3-4-6-28(26)34(35,36)37)31(43)41-19-13-33(14-20-41)11-17-40(18-12-33)25-9-15-38-16-10-25/h3-10,15-16,21,29H,11-14,17-20,22H2,1-2H3,(H,39,42). The lowest BCUT2D eigenvalue weighted by molar-refractivity contribution is -0.137. The van der Waals surface area contributed by atoms with Crippen LogP contribution in [-0.4, -0.2) is 47.9 Å². The molecule has 9 heteroatoms. The molecule has 0 bridgehead atoms. The molecule has 6 rings (SSSR count). The van der Waals surface area contributed by atoms with Crippen LogP contribution in [0.25, 0.3) is 0 Å². The average Bonchev–Trinajstić information content (AvgIpc) is 3.25. The first-order valence-corrected chi connectivity index (χ1v) is 15.0. The number of aromatic nitrogens is 1. The van der Waals surface area contributed by atoms with Crippen molar-refractivity contribution in [2.75, 3.05) is 31.1 Å². The van der Waals surface area contributed by atoms with Gasteiger partial charge in [0.05, 0.1) is 17.2 Å². The number of alkyl halides is 3. The Kier molecular flexibility index (Phi) is 7.47. The fraction of sp³-hybridized carbons (Fsp3) is 0.441. The van der Waals surface area contributed by atoms with E-state index in [2.05, 4.69) is 27.3 Å². The van der Waals surface area contributed by atoms with Crippen molar-refractivity contribution in [3.05, 3.63) is 94.8 Å². The van der Waals surface area contributed by atoms with Gasteiger partial charge in [-0.05, 0) is 90.5 Å². The zero-order valence-corrected chi connectivity index (χ0v) is 24.6. The third-order valence-electron chi connectivity index (χ3n) is 9.85. The summed E-state index contributed by atoms with van der Waals surface area (Å²) < 4.78 is 40.8. The van der Waals surface area contributed by atoms with Crippen LogP contribution >= 0.6 is 0 Å². The molecule has 6 nitrogen and oxygen atoms in total. The maximum atomic E-state index is 13.7. The number of carbonyl (C=O) groups is 2. The largest absolute Gasteiger partial charge is 0.417 e. The number of benzene rings is 2. The Labute approximate surface area is 250 Å². The van der Waals surface area contributed by atoms with E-state index >= 15 is 0 Å². The van der Waals surface area contributed by atoms with Gasteiger partial charge in [0.1, 0.15) is 0 Å². The highest BCUT2D eigenvalue weighted by Gasteiger charge is 2.43. The number of carbonyl (C=O) groups excluding carboxylic acids is 2. The highest BCUT2D eigenvalue weighted by Crippen LogP contribution is 2.46. The van der Waals surface area contributed by atoms with Gasteiger partial charge >= 0.3 is 6.18 Å². The van der Waals surface area contributed by atoms with Crippen LogP contribution in [0.1, 0.15) is 83.0 Å². The molecule has 3 heterocycles. The molecule has 1 aromatic heterocycles. The molecular weight excluding hydrogens is 553 g/mol. The predicted octanol–water partition coefficient (Wildman–Crippen LogP) is 6.68. The monoisotopic (exact) mass is 590 g/mol. The van der Waals surface area contributed by atoms with Crippen LogP contribution in [0.15, 0.2) is 67.0 Å². The molecule has 1 atom stereocenters. The molecule has 0 radical (unpaired) electrons. The van der Waals surface area contributed by atoms with E-state index in [0.29, 0.717) is 25.1 Å². The van der Waals surface area contributed by atoms with Gasteiger partial charge in [-0.25, -0.2) is 0 Å². The normalized spacial score (nSPS) is 21.0. The summed E-state index contributed by atoms with van der Waals surface area (Å²) in [6.07, 6.45) is 3.80. The zero-order valence-electron chi connectivity index (χ0n) is 24.6. The Hall–Kier alpha value is -3.88. The number of anilines is 1. The van der Waals surface area contributed by atoms with Crippen molar-refractivity contribution in [2.45, 2.75) is 58.2 Å². The summed E-state index contributed by atoms with van der Waals surface area (Å²) in [6.45, 7) is 7.37. The molecule has 226 valence electrons. The van der Waals surface area contributed by atoms with Crippen LogP contribution in [0.3, 0.4) is 0 Å². The van der Waals surface area contributed by atoms with E-state index in [1.54, 1.807) is 0 Å². The number of amides is 2. The van der Waals surface area contributed by atoms with Gasteiger partial charge in [-0.1, -0.05) is 32.0 Å². The highest BCUT2D eigenvalue weighted by atomic mass is 19.4. The van der Waals surface area contributed by atoms with E-state index in [0.717, 1.165) is 56.0 Å². The van der Waals surface area contributed by atoms with Gasteiger partial charge in [-0.3, -0.25) is 14.6 Å². The van der Waals surface area contributed by atoms with Crippen LogP contribution in [0, 0.1) is 10.8 Å². The third kappa shape index (κ3) is 5.74. The van der Waals surface area contributed by atoms with Crippen molar-refractivity contribution in [1.82, 2.24) is 15.2 Å². The molecular formula is C34H37F3N4O2. The number of piperidine rings is 2. The predicted molar refractivity (Wildman–Crippen MR) is 159 cm³/mol. The van der Waals surface area contributed by atoms with Crippen molar-refractivity contribution >= 4 is 17.5 Å². The molecule has 2 aliphatic heterocycles. The van der Waals surface area contributed by atoms with Crippen LogP contribution in [-0.2, 0) is 12.6 Å². The number of likely N-dealkylation sites (tertiary alicyclic amines) is 1. The summed E-state index contributed by atoms with van der Waals surface area (Å²) in [4.78, 5) is 35.3. The molecule has 2 saturated heterocycles. The number of nitrogens with one attached hydrogen (secondary N) is 1. The van der Waals surface area contributed by atoms with E-state index in [-0.39, 0.29) is 11.3 Å². The lowest BCUT2D eigenvalue weighted by Crippen LogP contribution is -2.48. The molecule has 2 fully saturated rings. The fourth-order valence-corrected chi connectivity index (χ4v) is 7.24. The van der Waals surface area contributed by atoms with Crippen LogP contribution in [0.2, 0.25) is 0 Å². The molecule has 43 heavy (non-hydrogen) atoms. The molecule has 1 spiro atoms. The van der Waals surface area contributed by atoms with Crippen molar-refractivity contribution in [2.24, 2.45) is 10.8 Å². The topological polar surface area (TPSA) is 65.5 Å². The second kappa shape index (κ2) is 11.0. The van der Waals surface area contributed by atoms with E-state index < -0.39 is 34.7 Å². The lowest BCUT2D eigenvalue weighted by atomic mass is 9.71. The van der Waals surface area contributed by atoms with Crippen LogP contribution < -0.4 is 10.2 Å². The van der Waals surface area contributed by atoms with Crippen molar-refractivity contribution < 1.29 is 22.8 Å². The first kappa shape index (κ1) is 29.2. The molecule has 3 aromatic rings. The SMILES string of the molecule is CC1(C)Cc2ccc(C(=O)N3CCC4(CC3)CCN(c3ccncc3)CC4)cc2C1NC(=O)c1ccccc1C(F)(F)F. The Bertz CT molecular complexity index is 1500. The number of rotatable bonds is 4. The minimum absolute atomic E-state index is 0.0379. The Morgan fingerprint density at radius 1 is 0.907 bits per heavy atom. The second-order valence-electron chi connectivity index (χ2n) is 13.0. The Morgan fingerprint density at radius 3 is 2.23 bits per heavy atom. The van der Waals surface area contributed by atoms with E-state index in [1.165, 1.54) is 23.9 Å². The summed E-state index contributed by atoms with van der Waals surface area (Å²) >= 11 is 0. The number of fused-ring (bicyclic) bond motifs is 1. The van der Waals surface area contributed by atoms with Gasteiger partial charge in [0, 0.05) is 49.8 Å². The maximum Gasteiger partial charge on any atom is 0.417 e. The van der Waals surface area contributed by atoms with Crippen LogP contribution in [0.4, 0.5) is 18.9 Å². The quantitative estimate of drug-likeness (QED) is 0.368. The van der Waals surface area contributed by atoms with Crippen molar-refractivity contribution in [3.8, 4) is 0 Å². The van der Waals surface area contributed by atoms with Gasteiger partial charge in [0.15, 0.2) is 0 Å². The van der Waals surface area contributed by atoms with Crippen molar-refractivity contribution in [3.63, 3.8) is 0 Å². The molecule has 0 saturated carbocycles. The maximum absolute atomic E-state index is 13.7. The molecule has 1 aliphatic carbocycles. The van der Waals surface area contributed by atoms with Crippen LogP contribution in [0.5, 0.6) is 0 Å². The second-order valence-corrected chi connectivity index (χ2v) is 13.0. The summed E-state index contributed by atoms with van der Waals surface area (Å²) in [5.74, 6) is -0.809. The molecule has 1 N–H and O–H groups in total. The summed E-state index contributed by atoms with van der Waals surface area (Å²) in [6, 6.07) is 14.0. The summed E-state index contributed by atoms with van der Waals surface area (Å²) in [7, 11) is 0. The minimum atomic E-state index is -4.64. The van der Waals surface area contributed by atoms with E-state index in [9.17, 15) is 22.8 Å². The Morgan fingerprint density at radius 2 is 1.56 bits per heavy atom. The van der Waals surface area contributed by atoms with E-state index in [4.69, 9.17) is 0 Å². The summed E-state index contributed by atoms with van der Waals surface area (Å²) in [5.41, 5.74) is 2.00. The molecule has 2 aromatic carbocycles. The summed E-state index contributed by atoms with van der Waals surface area (Å²) in [5, 5.41) is 2.88. The first-order valence-electron chi connectivity index (χ1n) is 15.0. The number of nitrogens with zero attached hydrogens (tertiary/aromatic N) is 3. The zero-order chi connectivity index (χ0) is 30.4. The third-order valence-corrected chi connectivity index (χ3v) is 9.85. The van der Waals surface area contributed by atoms with Gasteiger partial charge in [-0.2, -0.15) is 13.2 Å². The average molecular weight is 591 g/mol. The smallest absolute Gasteiger partial charge is 0.371 e. The number of pyridine rings is 1. The van der Waals surface area contributed by atoms with Gasteiger partial charge < -0.3 is 15.1 Å². The van der Waals surface area contributed by atoms with E-state index in [1.807, 2.05) is 49.3 Å². The number of hydrogen-bond donors (Lipinski definition) is 1. The van der Waals surface area contributed by atoms with Gasteiger partial charge in [0.2, 0.25) is 0 Å². The molecule has 2 amide bonds. The first-order chi connectivity index (χ1) is 20.5. The van der Waals surface area contributed by atoms with Crippen molar-refractivity contribution in [1.29, 1.82) is 0 Å². The molecule has 1 unspecified atom stereocenters. The molecule has 3 aliphatic rings. The van der Waals surface area contributed by atoms with Gasteiger partial charge in [-0.15, -0.1) is 0 Å². The Balaban J connectivity index is 1.14. The fourth-order valence-electron chi connectivity index (χ4n) is 7.24. The number of halogens is 3. The lowest BCUT2D eigenvalue weighted by Gasteiger charge is -2.47.